The van der Waals surface area contributed by atoms with Gasteiger partial charge in [-0.1, -0.05) is 164 Å². The highest BCUT2D eigenvalue weighted by Crippen LogP contribution is 2.40. The molecule has 11 heterocycles. The molecular weight excluding hydrogens is 1910 g/mol. The second-order valence-electron chi connectivity index (χ2n) is 30.1. The van der Waals surface area contributed by atoms with Crippen molar-refractivity contribution in [1.82, 2.24) is 44.9 Å². The molecule has 0 aliphatic carbocycles. The molecule has 21 rings (SSSR count). The fourth-order valence-corrected chi connectivity index (χ4v) is 14.3. The molecule has 0 amide bonds. The van der Waals surface area contributed by atoms with Crippen molar-refractivity contribution in [3.8, 4) is 68.4 Å². The topological polar surface area (TPSA) is 242 Å². The maximum Gasteiger partial charge on any atom is 0.496 e. The Labute approximate surface area is 791 Å². The molecule has 19 aromatic rings. The predicted octanol–water partition coefficient (Wildman–Crippen LogP) is 27.2. The zero-order valence-electron chi connectivity index (χ0n) is 70.9. The van der Waals surface area contributed by atoms with Gasteiger partial charge in [0.15, 0.2) is 16.7 Å². The van der Waals surface area contributed by atoms with Crippen molar-refractivity contribution >= 4 is 166 Å². The fraction of sp³-hybridized carbons (Fsp3) is 0.0962. The molecule has 0 atom stereocenters. The van der Waals surface area contributed by atoms with Gasteiger partial charge in [0.05, 0.1) is 49.0 Å². The van der Waals surface area contributed by atoms with Gasteiger partial charge in [-0.05, 0) is 279 Å². The highest BCUT2D eigenvalue weighted by Gasteiger charge is 2.52. The molecule has 646 valence electrons. The molecule has 20 nitrogen and oxygen atoms in total. The highest BCUT2D eigenvalue weighted by molar-refractivity contribution is 9.11. The molecule has 0 radical (unpaired) electrons. The molecular formula is C104H84BBr4ClN12O8. The molecule has 9 aromatic heterocycles. The van der Waals surface area contributed by atoms with Crippen LogP contribution in [0.15, 0.2) is 408 Å². The summed E-state index contributed by atoms with van der Waals surface area (Å²) in [6.07, 6.45) is 10.5. The van der Waals surface area contributed by atoms with Gasteiger partial charge in [0.25, 0.3) is 5.24 Å². The van der Waals surface area contributed by atoms with Crippen molar-refractivity contribution in [2.45, 2.75) is 38.9 Å². The number of halogens is 5. The molecule has 130 heavy (non-hydrogen) atoms. The third kappa shape index (κ3) is 24.2. The van der Waals surface area contributed by atoms with Crippen LogP contribution in [-0.4, -0.2) is 94.8 Å². The molecule has 2 aliphatic heterocycles. The van der Waals surface area contributed by atoms with Crippen LogP contribution in [0.4, 0.5) is 39.8 Å². The number of nitrogen functional groups attached to an aromatic ring is 1. The van der Waals surface area contributed by atoms with E-state index in [9.17, 15) is 4.79 Å². The molecule has 0 saturated carbocycles. The summed E-state index contributed by atoms with van der Waals surface area (Å²) in [6.45, 7) is 11.4. The lowest BCUT2D eigenvalue weighted by molar-refractivity contribution is -0.0334. The minimum atomic E-state index is -0.535. The Balaban J connectivity index is 0.000000128. The lowest BCUT2D eigenvalue weighted by Crippen LogP contribution is -2.41. The number of pyridine rings is 6. The first kappa shape index (κ1) is 91.4. The first-order chi connectivity index (χ1) is 63.3. The summed E-state index contributed by atoms with van der Waals surface area (Å²) in [5.41, 5.74) is 26.3. The van der Waals surface area contributed by atoms with Crippen LogP contribution in [0.25, 0.3) is 102 Å². The van der Waals surface area contributed by atoms with Crippen LogP contribution in [0.3, 0.4) is 0 Å². The van der Waals surface area contributed by atoms with Gasteiger partial charge < -0.3 is 47.6 Å². The van der Waals surface area contributed by atoms with Crippen LogP contribution < -0.4 is 21.0 Å². The summed E-state index contributed by atoms with van der Waals surface area (Å²) in [6, 6.07) is 112. The smallest absolute Gasteiger partial charge is 0.435 e. The van der Waals surface area contributed by atoms with E-state index < -0.39 is 12.4 Å². The number of hydrogen-bond acceptors (Lipinski definition) is 20. The molecule has 2 N–H and O–H groups in total. The van der Waals surface area contributed by atoms with Crippen molar-refractivity contribution in [1.29, 1.82) is 0 Å². The Morgan fingerprint density at radius 1 is 0.331 bits per heavy atom. The average molecular weight is 2000 g/mol. The minimum Gasteiger partial charge on any atom is -0.435 e. The van der Waals surface area contributed by atoms with Crippen molar-refractivity contribution in [2.24, 2.45) is 0 Å². The number of benzene rings is 10. The lowest BCUT2D eigenvalue weighted by Gasteiger charge is -2.32. The zero-order valence-corrected chi connectivity index (χ0v) is 78.0. The average Bonchev–Trinajstić information content (AvgIpc) is 1.59. The predicted molar refractivity (Wildman–Crippen MR) is 533 cm³/mol. The van der Waals surface area contributed by atoms with Gasteiger partial charge in [-0.3, -0.25) is 34.7 Å². The van der Waals surface area contributed by atoms with E-state index in [0.29, 0.717) is 23.4 Å². The maximum absolute atomic E-state index is 10.4. The number of nitrogens with two attached hydrogens (primary N) is 1. The van der Waals surface area contributed by atoms with E-state index in [0.717, 1.165) is 168 Å². The summed E-state index contributed by atoms with van der Waals surface area (Å²) in [5.74, 6) is 1.62. The summed E-state index contributed by atoms with van der Waals surface area (Å²) in [5, 5.41) is -0.535. The molecule has 0 bridgehead atoms. The number of fused-ring (bicyclic) bond motifs is 3. The van der Waals surface area contributed by atoms with Gasteiger partial charge >= 0.3 is 7.12 Å². The molecule has 0 unspecified atom stereocenters. The highest BCUT2D eigenvalue weighted by atomic mass is 79.9. The Morgan fingerprint density at radius 2 is 0.638 bits per heavy atom. The van der Waals surface area contributed by atoms with Crippen LogP contribution in [0.1, 0.15) is 38.2 Å². The molecule has 0 spiro atoms. The molecule has 26 heteroatoms. The van der Waals surface area contributed by atoms with Crippen molar-refractivity contribution in [3.63, 3.8) is 0 Å². The number of carbonyl (C=O) groups is 1. The van der Waals surface area contributed by atoms with Crippen LogP contribution in [0.5, 0.6) is 0 Å². The largest absolute Gasteiger partial charge is 0.496 e. The SMILES string of the molecule is Brc1ccc(-c2nc3ccccc3o2)nc1.Brc1ccc(-c2nc3ccccc3o2)nc1.C1COCCO1.CC1(C)OB(c2ccc(-c3ccc(N(c4ccccc4)c4ccccc4)cc3)nc2)OC1(C)C.Nc1ccccc1Br.O=C(Cl)c1ccc(Br)cn1.c1ccc(N(c2ccccc2)c2ccc(-c3ccc(-c4ccc(-c5nc6ccccc6o5)nc4)cn3)cc2)cc1. The van der Waals surface area contributed by atoms with E-state index in [2.05, 4.69) is 288 Å². The van der Waals surface area contributed by atoms with E-state index in [1.807, 2.05) is 195 Å². The summed E-state index contributed by atoms with van der Waals surface area (Å²) < 4.78 is 42.9. The Kier molecular flexibility index (Phi) is 31.0. The van der Waals surface area contributed by atoms with E-state index in [-0.39, 0.29) is 16.9 Å². The van der Waals surface area contributed by atoms with Gasteiger partial charge in [0, 0.05) is 123 Å². The number of aromatic nitrogens is 9. The van der Waals surface area contributed by atoms with E-state index >= 15 is 0 Å². The van der Waals surface area contributed by atoms with Crippen LogP contribution in [-0.2, 0) is 18.8 Å². The van der Waals surface area contributed by atoms with E-state index in [1.54, 1.807) is 24.5 Å². The quantitative estimate of drug-likeness (QED) is 0.0604. The first-order valence-electron chi connectivity index (χ1n) is 41.4. The third-order valence-corrected chi connectivity index (χ3v) is 23.0. The van der Waals surface area contributed by atoms with Gasteiger partial charge in [-0.25, -0.2) is 15.0 Å². The summed E-state index contributed by atoms with van der Waals surface area (Å²) in [7, 11) is -0.403. The van der Waals surface area contributed by atoms with Gasteiger partial charge in [0.1, 0.15) is 39.3 Å². The first-order valence-corrected chi connectivity index (χ1v) is 44.9. The summed E-state index contributed by atoms with van der Waals surface area (Å²) in [4.78, 5) is 54.5. The van der Waals surface area contributed by atoms with Crippen molar-refractivity contribution in [3.05, 3.63) is 400 Å². The molecule has 2 saturated heterocycles. The number of ether oxygens (including phenoxy) is 2. The summed E-state index contributed by atoms with van der Waals surface area (Å²) >= 11 is 18.3. The Hall–Kier alpha value is -13.3. The number of para-hydroxylation sites is 11. The van der Waals surface area contributed by atoms with Crippen LogP contribution in [0.2, 0.25) is 0 Å². The van der Waals surface area contributed by atoms with Gasteiger partial charge in [0.2, 0.25) is 17.7 Å². The monoisotopic (exact) mass is 1990 g/mol. The minimum absolute atomic E-state index is 0.268. The lowest BCUT2D eigenvalue weighted by atomic mass is 9.80. The number of nitrogens with zero attached hydrogens (tertiary/aromatic N) is 11. The van der Waals surface area contributed by atoms with Gasteiger partial charge in [-0.2, -0.15) is 0 Å². The Morgan fingerprint density at radius 3 is 0.938 bits per heavy atom. The van der Waals surface area contributed by atoms with Crippen molar-refractivity contribution < 1.29 is 36.8 Å². The van der Waals surface area contributed by atoms with Crippen LogP contribution >= 0.6 is 75.3 Å². The second kappa shape index (κ2) is 44.1. The molecule has 2 aliphatic rings. The van der Waals surface area contributed by atoms with Crippen LogP contribution in [0, 0.1) is 0 Å². The van der Waals surface area contributed by atoms with E-state index in [1.165, 1.54) is 6.20 Å². The fourth-order valence-electron chi connectivity index (χ4n) is 13.2. The number of hydrogen-bond donors (Lipinski definition) is 1. The second-order valence-corrected chi connectivity index (χ2v) is 34.0. The number of oxazole rings is 3. The van der Waals surface area contributed by atoms with Gasteiger partial charge in [-0.15, -0.1) is 0 Å². The van der Waals surface area contributed by atoms with E-state index in [4.69, 9.17) is 59.3 Å². The normalized spacial score (nSPS) is 12.7. The number of rotatable bonds is 14. The third-order valence-electron chi connectivity index (χ3n) is 20.6. The molecule has 10 aromatic carbocycles. The Bertz CT molecular complexity index is 6490. The molecule has 2 fully saturated rings. The van der Waals surface area contributed by atoms with Crippen molar-refractivity contribution in [2.75, 3.05) is 42.0 Å². The number of carbonyl (C=O) groups excluding carboxylic acids is 1. The zero-order chi connectivity index (χ0) is 90.2. The standard InChI is InChI=1S/C35H24N4O.C29H29BN2O2.2C12H7BrN2O.C6H3BrClNO.C6H6BrN.C4H8O2/c1-3-9-28(10-4-1)39(29-11-5-2-6-12-29)30-19-15-25(16-20-30)31-21-17-26(23-36-31)27-18-22-33(37-24-27)35-38-32-13-7-8-14-34(32)40-35;1-28(2)29(3,4)34-30(33-28)23-17-20-27(31-21-23)22-15-18-26(19-16-22)32(24-11-7-5-8-12-24)25-13-9-6-10-14-25;2*13-8-5-6-10(14-7-8)12-15-9-3-1-2-4-11(9)16-12;7-4-1-2-5(6(8)10)9-3-4;7-5-3-1-2-4-6(5)8;1-2-6-4-3-5-1/h1-24H;5-21H,1-4H3;2*1-7H;1-3H;1-4H,8H2;1-4H2. The number of anilines is 7. The maximum atomic E-state index is 10.4.